The Labute approximate surface area is 137 Å². The Morgan fingerprint density at radius 1 is 1.33 bits per heavy atom. The maximum absolute atomic E-state index is 13.6. The number of halogens is 1. The lowest BCUT2D eigenvalue weighted by Crippen LogP contribution is -2.24. The number of carbonyl (C=O) groups is 1. The maximum Gasteiger partial charge on any atom is 0.253 e. The summed E-state index contributed by atoms with van der Waals surface area (Å²) in [6.07, 6.45) is 4.77. The maximum atomic E-state index is 13.6. The minimum absolute atomic E-state index is 0.142. The number of imidazole rings is 1. The van der Waals surface area contributed by atoms with E-state index >= 15 is 0 Å². The second-order valence-electron chi connectivity index (χ2n) is 5.24. The fourth-order valence-electron chi connectivity index (χ4n) is 2.39. The summed E-state index contributed by atoms with van der Waals surface area (Å²) >= 11 is 0. The van der Waals surface area contributed by atoms with Crippen LogP contribution in [0.15, 0.2) is 53.7 Å². The summed E-state index contributed by atoms with van der Waals surface area (Å²) in [4.78, 5) is 29.8. The Kier molecular flexibility index (Phi) is 4.24. The summed E-state index contributed by atoms with van der Waals surface area (Å²) in [5.41, 5.74) is 1.41. The Morgan fingerprint density at radius 3 is 2.83 bits per heavy atom. The van der Waals surface area contributed by atoms with E-state index in [0.29, 0.717) is 11.1 Å². The van der Waals surface area contributed by atoms with Crippen LogP contribution in [-0.4, -0.2) is 20.4 Å². The number of H-pyrrole nitrogens is 1. The van der Waals surface area contributed by atoms with Crippen molar-refractivity contribution in [2.45, 2.75) is 13.5 Å². The molecule has 0 saturated heterocycles. The number of nitrogens with one attached hydrogen (secondary N) is 2. The molecule has 0 aliphatic rings. The van der Waals surface area contributed by atoms with Crippen molar-refractivity contribution >= 4 is 5.91 Å². The molecule has 0 unspecified atom stereocenters. The van der Waals surface area contributed by atoms with Crippen LogP contribution in [0.5, 0.6) is 0 Å². The van der Waals surface area contributed by atoms with Gasteiger partial charge >= 0.3 is 0 Å². The number of pyridine rings is 1. The Morgan fingerprint density at radius 2 is 2.17 bits per heavy atom. The zero-order valence-electron chi connectivity index (χ0n) is 12.9. The van der Waals surface area contributed by atoms with Gasteiger partial charge in [-0.1, -0.05) is 0 Å². The van der Waals surface area contributed by atoms with Crippen molar-refractivity contribution in [1.82, 2.24) is 19.9 Å². The fraction of sp³-hybridized carbons (Fsp3) is 0.118. The minimum Gasteiger partial charge on any atom is -0.348 e. The molecule has 6 nitrogen and oxygen atoms in total. The highest BCUT2D eigenvalue weighted by Gasteiger charge is 2.11. The van der Waals surface area contributed by atoms with E-state index in [4.69, 9.17) is 0 Å². The first kappa shape index (κ1) is 15.7. The summed E-state index contributed by atoms with van der Waals surface area (Å²) in [6, 6.07) is 7.09. The van der Waals surface area contributed by atoms with Crippen molar-refractivity contribution in [3.8, 4) is 5.69 Å². The van der Waals surface area contributed by atoms with Gasteiger partial charge in [0.25, 0.3) is 5.91 Å². The van der Waals surface area contributed by atoms with Crippen LogP contribution in [-0.2, 0) is 6.54 Å². The topological polar surface area (TPSA) is 79.8 Å². The number of hydrogen-bond donors (Lipinski definition) is 2. The van der Waals surface area contributed by atoms with Crippen LogP contribution < -0.4 is 10.9 Å². The van der Waals surface area contributed by atoms with Gasteiger partial charge in [-0.3, -0.25) is 9.59 Å². The van der Waals surface area contributed by atoms with Crippen LogP contribution in [0.25, 0.3) is 5.69 Å². The van der Waals surface area contributed by atoms with E-state index in [-0.39, 0.29) is 23.8 Å². The molecule has 2 N–H and O–H groups in total. The van der Waals surface area contributed by atoms with Crippen molar-refractivity contribution in [2.75, 3.05) is 0 Å². The predicted molar refractivity (Wildman–Crippen MR) is 86.5 cm³/mol. The first-order valence-electron chi connectivity index (χ1n) is 7.30. The summed E-state index contributed by atoms with van der Waals surface area (Å²) in [7, 11) is 0. The molecule has 0 atom stereocenters. The third kappa shape index (κ3) is 3.24. The lowest BCUT2D eigenvalue weighted by molar-refractivity contribution is 0.0950. The normalized spacial score (nSPS) is 10.6. The zero-order chi connectivity index (χ0) is 17.1. The monoisotopic (exact) mass is 326 g/mol. The number of carbonyl (C=O) groups excluding carboxylic acids is 1. The zero-order valence-corrected chi connectivity index (χ0v) is 12.9. The predicted octanol–water partition coefficient (Wildman–Crippen LogP) is 1.94. The third-order valence-corrected chi connectivity index (χ3v) is 3.61. The molecule has 122 valence electrons. The highest BCUT2D eigenvalue weighted by molar-refractivity contribution is 5.93. The molecule has 0 aliphatic heterocycles. The van der Waals surface area contributed by atoms with Crippen molar-refractivity contribution in [3.63, 3.8) is 0 Å². The van der Waals surface area contributed by atoms with E-state index in [1.165, 1.54) is 30.5 Å². The first-order chi connectivity index (χ1) is 11.5. The lowest BCUT2D eigenvalue weighted by atomic mass is 10.1. The van der Waals surface area contributed by atoms with E-state index in [2.05, 4.69) is 15.3 Å². The molecule has 7 heteroatoms. The van der Waals surface area contributed by atoms with Crippen LogP contribution >= 0.6 is 0 Å². The molecule has 0 saturated carbocycles. The van der Waals surface area contributed by atoms with Gasteiger partial charge in [-0.05, 0) is 36.8 Å². The summed E-state index contributed by atoms with van der Waals surface area (Å²) in [5, 5.41) is 2.72. The second kappa shape index (κ2) is 6.49. The van der Waals surface area contributed by atoms with Crippen molar-refractivity contribution in [3.05, 3.63) is 82.0 Å². The van der Waals surface area contributed by atoms with Crippen molar-refractivity contribution < 1.29 is 9.18 Å². The van der Waals surface area contributed by atoms with Crippen LogP contribution in [0.1, 0.15) is 21.7 Å². The number of benzene rings is 1. The number of hydrogen-bond acceptors (Lipinski definition) is 3. The third-order valence-electron chi connectivity index (χ3n) is 3.61. The molecule has 3 rings (SSSR count). The first-order valence-corrected chi connectivity index (χ1v) is 7.30. The van der Waals surface area contributed by atoms with Gasteiger partial charge in [-0.25, -0.2) is 9.37 Å². The quantitative estimate of drug-likeness (QED) is 0.769. The van der Waals surface area contributed by atoms with Gasteiger partial charge in [0, 0.05) is 31.2 Å². The van der Waals surface area contributed by atoms with E-state index in [1.807, 2.05) is 11.5 Å². The van der Waals surface area contributed by atoms with Gasteiger partial charge in [0.05, 0.1) is 11.3 Å². The molecule has 0 fully saturated rings. The summed E-state index contributed by atoms with van der Waals surface area (Å²) in [5.74, 6) is 0.0171. The van der Waals surface area contributed by atoms with E-state index in [1.54, 1.807) is 18.5 Å². The minimum atomic E-state index is -0.384. The Balaban J connectivity index is 1.83. The van der Waals surface area contributed by atoms with Crippen LogP contribution in [0, 0.1) is 12.7 Å². The number of rotatable bonds is 4. The largest absolute Gasteiger partial charge is 0.348 e. The second-order valence-corrected chi connectivity index (χ2v) is 5.24. The van der Waals surface area contributed by atoms with E-state index < -0.39 is 0 Å². The SMILES string of the molecule is Cc1nccn1-c1ccc(F)cc1CNC(=O)c1ccc(=O)[nH]c1. The fourth-order valence-corrected chi connectivity index (χ4v) is 2.39. The molecule has 0 radical (unpaired) electrons. The summed E-state index contributed by atoms with van der Waals surface area (Å²) < 4.78 is 15.4. The molecule has 0 spiro atoms. The average Bonchev–Trinajstić information content (AvgIpc) is 2.99. The molecule has 1 amide bonds. The highest BCUT2D eigenvalue weighted by atomic mass is 19.1. The molecule has 0 aliphatic carbocycles. The number of aryl methyl sites for hydroxylation is 1. The number of nitrogens with zero attached hydrogens (tertiary/aromatic N) is 2. The van der Waals surface area contributed by atoms with Gasteiger partial charge in [0.2, 0.25) is 5.56 Å². The Hall–Kier alpha value is -3.22. The van der Waals surface area contributed by atoms with E-state index in [9.17, 15) is 14.0 Å². The van der Waals surface area contributed by atoms with Crippen LogP contribution in [0.2, 0.25) is 0 Å². The number of aromatic nitrogens is 3. The molecule has 1 aromatic carbocycles. The Bertz CT molecular complexity index is 925. The molecular formula is C17H15FN4O2. The molecular weight excluding hydrogens is 311 g/mol. The van der Waals surface area contributed by atoms with Gasteiger partial charge in [-0.2, -0.15) is 0 Å². The molecule has 2 aromatic heterocycles. The standard InChI is InChI=1S/C17H15FN4O2/c1-11-19-6-7-22(11)15-4-3-14(18)8-13(15)10-21-17(24)12-2-5-16(23)20-9-12/h2-9H,10H2,1H3,(H,20,23)(H,21,24). The lowest BCUT2D eigenvalue weighted by Gasteiger charge is -2.13. The van der Waals surface area contributed by atoms with Gasteiger partial charge in [0.15, 0.2) is 0 Å². The van der Waals surface area contributed by atoms with Crippen molar-refractivity contribution in [2.24, 2.45) is 0 Å². The van der Waals surface area contributed by atoms with Crippen LogP contribution in [0.4, 0.5) is 4.39 Å². The highest BCUT2D eigenvalue weighted by Crippen LogP contribution is 2.18. The molecule has 3 aromatic rings. The summed E-state index contributed by atoms with van der Waals surface area (Å²) in [6.45, 7) is 1.98. The number of aromatic amines is 1. The smallest absolute Gasteiger partial charge is 0.253 e. The molecule has 0 bridgehead atoms. The molecule has 2 heterocycles. The van der Waals surface area contributed by atoms with Crippen molar-refractivity contribution in [1.29, 1.82) is 0 Å². The molecule has 24 heavy (non-hydrogen) atoms. The average molecular weight is 326 g/mol. The van der Waals surface area contributed by atoms with Gasteiger partial charge in [-0.15, -0.1) is 0 Å². The van der Waals surface area contributed by atoms with E-state index in [0.717, 1.165) is 11.5 Å². The van der Waals surface area contributed by atoms with Crippen LogP contribution in [0.3, 0.4) is 0 Å². The number of amides is 1. The van der Waals surface area contributed by atoms with Gasteiger partial charge < -0.3 is 14.9 Å². The van der Waals surface area contributed by atoms with Gasteiger partial charge in [0.1, 0.15) is 11.6 Å².